The molecule has 0 saturated heterocycles. The lowest BCUT2D eigenvalue weighted by Crippen LogP contribution is -2.38. The smallest absolute Gasteiger partial charge is 0.335 e. The van der Waals surface area contributed by atoms with Crippen molar-refractivity contribution < 1.29 is 14.3 Å². The molecule has 0 amide bonds. The third kappa shape index (κ3) is 3.76. The standard InChI is InChI=1S/C26H23ClN4O5/c1-13-18(22(32)21-14(2)28-30(4)24(21)36-25(34)15-8-9-15)10-11-19-20(13)23(33)31(26(35)29(19)3)17-7-5-6-16(27)12-17/h5-7,10-12,15H,8-9H2,1-4H3. The summed E-state index contributed by atoms with van der Waals surface area (Å²) in [5.74, 6) is -0.898. The van der Waals surface area contributed by atoms with Crippen LogP contribution in [0.15, 0.2) is 46.0 Å². The number of ketones is 1. The molecule has 0 N–H and O–H groups in total. The number of halogens is 1. The van der Waals surface area contributed by atoms with E-state index in [4.69, 9.17) is 16.3 Å². The summed E-state index contributed by atoms with van der Waals surface area (Å²) in [7, 11) is 3.17. The van der Waals surface area contributed by atoms with Gasteiger partial charge in [-0.15, -0.1) is 0 Å². The number of ether oxygens (including phenoxy) is 1. The Kier molecular flexibility index (Phi) is 5.67. The molecule has 1 aliphatic rings. The Bertz CT molecular complexity index is 1710. The second kappa shape index (κ2) is 8.60. The van der Waals surface area contributed by atoms with Crippen molar-refractivity contribution >= 4 is 34.3 Å². The summed E-state index contributed by atoms with van der Waals surface area (Å²) >= 11 is 6.10. The number of fused-ring (bicyclic) bond motifs is 1. The number of benzene rings is 2. The van der Waals surface area contributed by atoms with Crippen LogP contribution in [0.3, 0.4) is 0 Å². The summed E-state index contributed by atoms with van der Waals surface area (Å²) in [5, 5.41) is 4.88. The van der Waals surface area contributed by atoms with Crippen molar-refractivity contribution in [1.29, 1.82) is 0 Å². The number of aryl methyl sites for hydroxylation is 4. The number of carbonyl (C=O) groups excluding carboxylic acids is 2. The molecule has 0 radical (unpaired) electrons. The fourth-order valence-electron chi connectivity index (χ4n) is 4.44. The molecule has 184 valence electrons. The molecule has 1 aliphatic carbocycles. The highest BCUT2D eigenvalue weighted by atomic mass is 35.5. The lowest BCUT2D eigenvalue weighted by atomic mass is 9.96. The molecular weight excluding hydrogens is 484 g/mol. The van der Waals surface area contributed by atoms with E-state index in [1.54, 1.807) is 58.3 Å². The molecule has 1 saturated carbocycles. The van der Waals surface area contributed by atoms with Gasteiger partial charge < -0.3 is 4.74 Å². The molecule has 2 heterocycles. The van der Waals surface area contributed by atoms with Gasteiger partial charge >= 0.3 is 11.7 Å². The summed E-state index contributed by atoms with van der Waals surface area (Å²) < 4.78 is 9.32. The maximum atomic E-state index is 13.8. The molecule has 2 aromatic heterocycles. The topological polar surface area (TPSA) is 105 Å². The zero-order valence-corrected chi connectivity index (χ0v) is 20.9. The summed E-state index contributed by atoms with van der Waals surface area (Å²) in [6, 6.07) is 9.58. The van der Waals surface area contributed by atoms with Gasteiger partial charge in [0.1, 0.15) is 5.56 Å². The van der Waals surface area contributed by atoms with Crippen molar-refractivity contribution in [2.24, 2.45) is 20.0 Å². The number of hydrogen-bond acceptors (Lipinski definition) is 6. The highest BCUT2D eigenvalue weighted by Gasteiger charge is 2.34. The first-order valence-corrected chi connectivity index (χ1v) is 11.8. The fraction of sp³-hybridized carbons (Fsp3) is 0.269. The molecule has 0 atom stereocenters. The Morgan fingerprint density at radius 2 is 1.81 bits per heavy atom. The van der Waals surface area contributed by atoms with Gasteiger partial charge in [0.2, 0.25) is 11.7 Å². The van der Waals surface area contributed by atoms with Crippen LogP contribution in [0.4, 0.5) is 0 Å². The van der Waals surface area contributed by atoms with E-state index in [1.165, 1.54) is 15.3 Å². The van der Waals surface area contributed by atoms with Crippen LogP contribution in [-0.2, 0) is 18.9 Å². The van der Waals surface area contributed by atoms with Gasteiger partial charge in [-0.25, -0.2) is 14.0 Å². The number of esters is 1. The zero-order valence-electron chi connectivity index (χ0n) is 20.2. The molecule has 4 aromatic rings. The van der Waals surface area contributed by atoms with E-state index in [0.29, 0.717) is 27.5 Å². The summed E-state index contributed by atoms with van der Waals surface area (Å²) in [6.45, 7) is 3.32. The quantitative estimate of drug-likeness (QED) is 0.304. The van der Waals surface area contributed by atoms with Crippen LogP contribution < -0.4 is 16.0 Å². The summed E-state index contributed by atoms with van der Waals surface area (Å²) in [4.78, 5) is 52.8. The first kappa shape index (κ1) is 23.7. The van der Waals surface area contributed by atoms with Crippen LogP contribution in [0, 0.1) is 19.8 Å². The molecule has 2 aromatic carbocycles. The van der Waals surface area contributed by atoms with Crippen molar-refractivity contribution in [2.75, 3.05) is 0 Å². The van der Waals surface area contributed by atoms with E-state index >= 15 is 0 Å². The number of hydrogen-bond donors (Lipinski definition) is 0. The molecule has 1 fully saturated rings. The monoisotopic (exact) mass is 506 g/mol. The summed E-state index contributed by atoms with van der Waals surface area (Å²) in [6.07, 6.45) is 1.53. The van der Waals surface area contributed by atoms with Gasteiger partial charge in [-0.2, -0.15) is 5.10 Å². The minimum atomic E-state index is -0.564. The lowest BCUT2D eigenvalue weighted by Gasteiger charge is -2.15. The van der Waals surface area contributed by atoms with E-state index in [1.807, 2.05) is 0 Å². The van der Waals surface area contributed by atoms with Crippen LogP contribution in [0.2, 0.25) is 5.02 Å². The van der Waals surface area contributed by atoms with Crippen molar-refractivity contribution in [3.63, 3.8) is 0 Å². The van der Waals surface area contributed by atoms with Crippen molar-refractivity contribution in [2.45, 2.75) is 26.7 Å². The zero-order chi connectivity index (χ0) is 25.9. The average Bonchev–Trinajstić information content (AvgIpc) is 3.63. The number of carbonyl (C=O) groups is 2. The van der Waals surface area contributed by atoms with Crippen molar-refractivity contribution in [3.05, 3.63) is 84.6 Å². The average molecular weight is 507 g/mol. The third-order valence-corrected chi connectivity index (χ3v) is 6.75. The second-order valence-electron chi connectivity index (χ2n) is 9.01. The molecule has 0 spiro atoms. The van der Waals surface area contributed by atoms with Gasteiger partial charge in [-0.1, -0.05) is 17.7 Å². The van der Waals surface area contributed by atoms with Crippen LogP contribution >= 0.6 is 11.6 Å². The van der Waals surface area contributed by atoms with E-state index in [-0.39, 0.29) is 34.3 Å². The minimum absolute atomic E-state index is 0.0747. The third-order valence-electron chi connectivity index (χ3n) is 6.52. The number of nitrogens with zero attached hydrogens (tertiary/aromatic N) is 4. The van der Waals surface area contributed by atoms with Gasteiger partial charge in [-0.3, -0.25) is 19.0 Å². The maximum absolute atomic E-state index is 13.8. The molecule has 0 aliphatic heterocycles. The number of rotatable bonds is 5. The Morgan fingerprint density at radius 3 is 2.47 bits per heavy atom. The largest absolute Gasteiger partial charge is 0.407 e. The van der Waals surface area contributed by atoms with Crippen LogP contribution in [0.1, 0.15) is 40.0 Å². The molecule has 9 nitrogen and oxygen atoms in total. The Hall–Kier alpha value is -3.98. The van der Waals surface area contributed by atoms with Crippen molar-refractivity contribution in [1.82, 2.24) is 18.9 Å². The Morgan fingerprint density at radius 1 is 1.08 bits per heavy atom. The predicted octanol–water partition coefficient (Wildman–Crippen LogP) is 3.24. The maximum Gasteiger partial charge on any atom is 0.335 e. The van der Waals surface area contributed by atoms with Gasteiger partial charge in [0, 0.05) is 24.7 Å². The van der Waals surface area contributed by atoms with Gasteiger partial charge in [0.05, 0.1) is 28.2 Å². The second-order valence-corrected chi connectivity index (χ2v) is 9.44. The highest BCUT2D eigenvalue weighted by Crippen LogP contribution is 2.33. The molecule has 0 bridgehead atoms. The number of aromatic nitrogens is 4. The summed E-state index contributed by atoms with van der Waals surface area (Å²) in [5.41, 5.74) is 0.819. The Labute approximate surface area is 210 Å². The molecular formula is C26H23ClN4O5. The van der Waals surface area contributed by atoms with Crippen LogP contribution in [0.5, 0.6) is 5.88 Å². The SMILES string of the molecule is Cc1nn(C)c(OC(=O)C2CC2)c1C(=O)c1ccc2c(c1C)c(=O)n(-c1cccc(Cl)c1)c(=O)n2C. The van der Waals surface area contributed by atoms with Crippen LogP contribution in [-0.4, -0.2) is 30.7 Å². The molecule has 5 rings (SSSR count). The first-order chi connectivity index (χ1) is 17.1. The van der Waals surface area contributed by atoms with E-state index < -0.39 is 17.0 Å². The molecule has 36 heavy (non-hydrogen) atoms. The Balaban J connectivity index is 1.70. The molecule has 0 unspecified atom stereocenters. The van der Waals surface area contributed by atoms with Crippen molar-refractivity contribution in [3.8, 4) is 11.6 Å². The van der Waals surface area contributed by atoms with Crippen LogP contribution in [0.25, 0.3) is 16.6 Å². The van der Waals surface area contributed by atoms with E-state index in [2.05, 4.69) is 5.10 Å². The van der Waals surface area contributed by atoms with Gasteiger partial charge in [0.15, 0.2) is 0 Å². The predicted molar refractivity (Wildman–Crippen MR) is 134 cm³/mol. The van der Waals surface area contributed by atoms with Gasteiger partial charge in [-0.05, 0) is 62.6 Å². The lowest BCUT2D eigenvalue weighted by molar-refractivity contribution is -0.136. The van der Waals surface area contributed by atoms with E-state index in [0.717, 1.165) is 17.4 Å². The minimum Gasteiger partial charge on any atom is -0.407 e. The highest BCUT2D eigenvalue weighted by molar-refractivity contribution is 6.30. The van der Waals surface area contributed by atoms with Gasteiger partial charge in [0.25, 0.3) is 5.56 Å². The fourth-order valence-corrected chi connectivity index (χ4v) is 4.62. The molecule has 10 heteroatoms. The first-order valence-electron chi connectivity index (χ1n) is 11.4. The van der Waals surface area contributed by atoms with E-state index in [9.17, 15) is 19.2 Å². The normalized spacial score (nSPS) is 13.2.